The van der Waals surface area contributed by atoms with Crippen molar-refractivity contribution in [2.45, 2.75) is 52.7 Å². The normalized spacial score (nSPS) is 11.5. The minimum absolute atomic E-state index is 0. The SMILES string of the molecule is Cc1cc2c(cc1C)[n+](CC(=O)c1ccc3ccccc3c1)cn2CCCCCn1c2ccccc2c2ccccc21.[Br-]. The van der Waals surface area contributed by atoms with Crippen LogP contribution < -0.4 is 21.5 Å². The van der Waals surface area contributed by atoms with E-state index in [1.807, 2.05) is 30.3 Å². The Morgan fingerprint density at radius 1 is 0.651 bits per heavy atom. The second-order valence-corrected chi connectivity index (χ2v) is 11.6. The number of imidazole rings is 1. The number of unbranched alkanes of at least 4 members (excludes halogenated alkanes) is 2. The molecule has 0 atom stereocenters. The molecule has 5 aromatic carbocycles. The fraction of sp³-hybridized carbons (Fsp3) is 0.211. The first-order valence-corrected chi connectivity index (χ1v) is 15.0. The molecule has 0 aliphatic carbocycles. The highest BCUT2D eigenvalue weighted by atomic mass is 79.9. The van der Waals surface area contributed by atoms with E-state index in [0.717, 1.165) is 54.2 Å². The number of benzene rings is 5. The summed E-state index contributed by atoms with van der Waals surface area (Å²) >= 11 is 0. The standard InChI is InChI=1S/C38H36N3O.BrH/c1-27-22-36-37(23-28(27)2)40(25-38(42)31-19-18-29-12-4-5-13-30(29)24-31)26-39(36)20-10-3-11-21-41-34-16-8-6-14-32(34)33-15-7-9-17-35(33)41;/h4-9,12-19,22-24,26H,3,10-11,20-21,25H2,1-2H3;1H/q+1;/p-1. The summed E-state index contributed by atoms with van der Waals surface area (Å²) in [4.78, 5) is 13.4. The zero-order valence-electron chi connectivity index (χ0n) is 24.8. The van der Waals surface area contributed by atoms with Gasteiger partial charge in [0.25, 0.3) is 0 Å². The number of aromatic nitrogens is 3. The van der Waals surface area contributed by atoms with E-state index >= 15 is 0 Å². The summed E-state index contributed by atoms with van der Waals surface area (Å²) in [5.74, 6) is 0.134. The Bertz CT molecular complexity index is 2050. The topological polar surface area (TPSA) is 30.8 Å². The first kappa shape index (κ1) is 28.9. The van der Waals surface area contributed by atoms with E-state index in [1.165, 1.54) is 38.4 Å². The maximum Gasteiger partial charge on any atom is 0.245 e. The van der Waals surface area contributed by atoms with Crippen molar-refractivity contribution in [1.82, 2.24) is 9.13 Å². The summed E-state index contributed by atoms with van der Waals surface area (Å²) < 4.78 is 6.96. The maximum absolute atomic E-state index is 13.4. The van der Waals surface area contributed by atoms with Crippen LogP contribution in [0.25, 0.3) is 43.6 Å². The molecule has 0 N–H and O–H groups in total. The third-order valence-electron chi connectivity index (χ3n) is 8.83. The average molecular weight is 631 g/mol. The van der Waals surface area contributed by atoms with Gasteiger partial charge in [-0.3, -0.25) is 4.79 Å². The molecule has 0 spiro atoms. The molecule has 0 aliphatic heterocycles. The Morgan fingerprint density at radius 3 is 2.02 bits per heavy atom. The number of nitrogens with zero attached hydrogens (tertiary/aromatic N) is 3. The first-order valence-electron chi connectivity index (χ1n) is 15.0. The zero-order valence-corrected chi connectivity index (χ0v) is 26.3. The van der Waals surface area contributed by atoms with Gasteiger partial charge in [-0.2, -0.15) is 0 Å². The van der Waals surface area contributed by atoms with Gasteiger partial charge < -0.3 is 21.5 Å². The van der Waals surface area contributed by atoms with Crippen LogP contribution in [0.4, 0.5) is 0 Å². The molecule has 7 aromatic rings. The van der Waals surface area contributed by atoms with Crippen molar-refractivity contribution in [1.29, 1.82) is 0 Å². The molecular formula is C38H36BrN3O. The van der Waals surface area contributed by atoms with Crippen LogP contribution in [-0.4, -0.2) is 14.9 Å². The molecule has 0 amide bonds. The zero-order chi connectivity index (χ0) is 28.6. The molecule has 0 radical (unpaired) electrons. The summed E-state index contributed by atoms with van der Waals surface area (Å²) in [5, 5.41) is 4.92. The van der Waals surface area contributed by atoms with Crippen molar-refractivity contribution < 1.29 is 26.3 Å². The highest BCUT2D eigenvalue weighted by Crippen LogP contribution is 2.29. The van der Waals surface area contributed by atoms with E-state index in [9.17, 15) is 4.79 Å². The predicted octanol–water partition coefficient (Wildman–Crippen LogP) is 5.56. The number of carbonyl (C=O) groups excluding carboxylic acids is 1. The van der Waals surface area contributed by atoms with Crippen molar-refractivity contribution in [3.63, 3.8) is 0 Å². The van der Waals surface area contributed by atoms with Crippen molar-refractivity contribution in [2.24, 2.45) is 0 Å². The molecule has 4 nitrogen and oxygen atoms in total. The lowest BCUT2D eigenvalue weighted by Gasteiger charge is -2.07. The molecule has 7 rings (SSSR count). The van der Waals surface area contributed by atoms with Crippen molar-refractivity contribution in [2.75, 3.05) is 0 Å². The third kappa shape index (κ3) is 5.50. The Morgan fingerprint density at radius 2 is 1.28 bits per heavy atom. The van der Waals surface area contributed by atoms with Gasteiger partial charge in [-0.25, -0.2) is 9.13 Å². The van der Waals surface area contributed by atoms with Crippen molar-refractivity contribution in [3.8, 4) is 0 Å². The molecule has 0 unspecified atom stereocenters. The maximum atomic E-state index is 13.4. The number of rotatable bonds is 9. The molecule has 5 heteroatoms. The van der Waals surface area contributed by atoms with Crippen LogP contribution in [0.5, 0.6) is 0 Å². The van der Waals surface area contributed by atoms with Gasteiger partial charge in [0.05, 0.1) is 6.54 Å². The highest BCUT2D eigenvalue weighted by Gasteiger charge is 2.20. The number of halogens is 1. The number of ketones is 1. The van der Waals surface area contributed by atoms with Gasteiger partial charge in [-0.15, -0.1) is 0 Å². The number of carbonyl (C=O) groups is 1. The van der Waals surface area contributed by atoms with Gasteiger partial charge in [0, 0.05) is 33.9 Å². The molecule has 43 heavy (non-hydrogen) atoms. The van der Waals surface area contributed by atoms with Gasteiger partial charge in [-0.1, -0.05) is 72.8 Å². The molecule has 2 heterocycles. The highest BCUT2D eigenvalue weighted by molar-refractivity contribution is 6.08. The smallest absolute Gasteiger partial charge is 0.245 e. The summed E-state index contributed by atoms with van der Waals surface area (Å²) in [5.41, 5.74) is 8.25. The van der Waals surface area contributed by atoms with E-state index in [1.54, 1.807) is 0 Å². The van der Waals surface area contributed by atoms with Gasteiger partial charge >= 0.3 is 0 Å². The second kappa shape index (κ2) is 12.2. The van der Waals surface area contributed by atoms with Crippen LogP contribution in [0.2, 0.25) is 0 Å². The van der Waals surface area contributed by atoms with E-state index in [-0.39, 0.29) is 22.8 Å². The van der Waals surface area contributed by atoms with Crippen LogP contribution in [0.15, 0.2) is 109 Å². The number of para-hydroxylation sites is 2. The van der Waals surface area contributed by atoms with E-state index in [4.69, 9.17) is 0 Å². The van der Waals surface area contributed by atoms with Gasteiger partial charge in [0.1, 0.15) is 0 Å². The number of hydrogen-bond donors (Lipinski definition) is 0. The minimum atomic E-state index is 0. The fourth-order valence-electron chi connectivity index (χ4n) is 6.42. The minimum Gasteiger partial charge on any atom is -1.00 e. The van der Waals surface area contributed by atoms with Crippen LogP contribution in [0.1, 0.15) is 40.7 Å². The Kier molecular flexibility index (Phi) is 8.18. The van der Waals surface area contributed by atoms with Crippen LogP contribution in [0.3, 0.4) is 0 Å². The number of aryl methyl sites for hydroxylation is 4. The largest absolute Gasteiger partial charge is 1.00 e. The first-order chi connectivity index (χ1) is 20.6. The van der Waals surface area contributed by atoms with Crippen LogP contribution in [0, 0.1) is 13.8 Å². The molecular weight excluding hydrogens is 594 g/mol. The van der Waals surface area contributed by atoms with Gasteiger partial charge in [0.15, 0.2) is 17.6 Å². The Balaban J connectivity index is 0.00000329. The number of hydrogen-bond acceptors (Lipinski definition) is 1. The van der Waals surface area contributed by atoms with Crippen LogP contribution >= 0.6 is 0 Å². The Hall–Kier alpha value is -4.22. The van der Waals surface area contributed by atoms with Gasteiger partial charge in [0.2, 0.25) is 12.1 Å². The molecule has 0 saturated carbocycles. The third-order valence-corrected chi connectivity index (χ3v) is 8.83. The van der Waals surface area contributed by atoms with Crippen LogP contribution in [-0.2, 0) is 19.6 Å². The quantitative estimate of drug-likeness (QED) is 0.117. The van der Waals surface area contributed by atoms with E-state index in [0.29, 0.717) is 6.54 Å². The predicted molar refractivity (Wildman–Crippen MR) is 173 cm³/mol. The summed E-state index contributed by atoms with van der Waals surface area (Å²) in [7, 11) is 0. The molecule has 0 saturated heterocycles. The lowest BCUT2D eigenvalue weighted by molar-refractivity contribution is -0.658. The molecule has 2 aromatic heterocycles. The lowest BCUT2D eigenvalue weighted by atomic mass is 10.0. The summed E-state index contributed by atoms with van der Waals surface area (Å²) in [6.45, 7) is 6.60. The summed E-state index contributed by atoms with van der Waals surface area (Å²) in [6, 6.07) is 36.2. The van der Waals surface area contributed by atoms with E-state index < -0.39 is 0 Å². The molecule has 0 fully saturated rings. The molecule has 0 aliphatic rings. The van der Waals surface area contributed by atoms with Crippen molar-refractivity contribution in [3.05, 3.63) is 126 Å². The Labute approximate surface area is 262 Å². The van der Waals surface area contributed by atoms with E-state index in [2.05, 4.69) is 107 Å². The van der Waals surface area contributed by atoms with Crippen molar-refractivity contribution >= 4 is 49.4 Å². The fourth-order valence-corrected chi connectivity index (χ4v) is 6.42. The number of fused-ring (bicyclic) bond motifs is 5. The molecule has 216 valence electrons. The summed E-state index contributed by atoms with van der Waals surface area (Å²) in [6.07, 6.45) is 5.50. The average Bonchev–Trinajstić information content (AvgIpc) is 3.51. The molecule has 0 bridgehead atoms. The number of Topliss-reactive ketones (excluding diaryl/α,β-unsaturated/α-hetero) is 1. The monoisotopic (exact) mass is 629 g/mol. The second-order valence-electron chi connectivity index (χ2n) is 11.6. The van der Waals surface area contributed by atoms with Gasteiger partial charge in [-0.05, 0) is 85.3 Å². The lowest BCUT2D eigenvalue weighted by Crippen LogP contribution is -3.00.